The Balaban J connectivity index is 2.70. The first-order valence-corrected chi connectivity index (χ1v) is 3.77. The molecular weight excluding hydrogens is 132 g/mol. The average Bonchev–Trinajstić information content (AvgIpc) is 1.80. The lowest BCUT2D eigenvalue weighted by Crippen LogP contribution is -1.91. The highest BCUT2D eigenvalue weighted by atomic mass is 32.2. The Morgan fingerprint density at radius 2 is 2.00 bits per heavy atom. The van der Waals surface area contributed by atoms with E-state index in [1.54, 1.807) is 11.8 Å². The van der Waals surface area contributed by atoms with Gasteiger partial charge in [-0.3, -0.25) is 0 Å². The average molecular weight is 142 g/mol. The van der Waals surface area contributed by atoms with E-state index in [1.807, 2.05) is 19.3 Å². The molecular formula is C7H10OS. The van der Waals surface area contributed by atoms with Gasteiger partial charge in [0.1, 0.15) is 11.5 Å². The molecule has 1 aliphatic heterocycles. The third-order valence-electron chi connectivity index (χ3n) is 1.21. The van der Waals surface area contributed by atoms with Crippen LogP contribution in [0.1, 0.15) is 20.8 Å². The SMILES string of the molecule is CC1=CSC(C)=C(C)O1. The van der Waals surface area contributed by atoms with Crippen LogP contribution >= 0.6 is 11.8 Å². The molecule has 0 aromatic heterocycles. The van der Waals surface area contributed by atoms with E-state index in [4.69, 9.17) is 4.74 Å². The standard InChI is InChI=1S/C7H10OS/c1-5-4-9-7(3)6(2)8-5/h4H,1-3H3. The van der Waals surface area contributed by atoms with E-state index < -0.39 is 0 Å². The Morgan fingerprint density at radius 1 is 1.33 bits per heavy atom. The van der Waals surface area contributed by atoms with Crippen molar-refractivity contribution in [1.82, 2.24) is 0 Å². The van der Waals surface area contributed by atoms with Gasteiger partial charge in [-0.15, -0.1) is 0 Å². The normalized spacial score (nSPS) is 19.2. The van der Waals surface area contributed by atoms with Gasteiger partial charge < -0.3 is 4.74 Å². The van der Waals surface area contributed by atoms with Crippen LogP contribution in [0.4, 0.5) is 0 Å². The maximum atomic E-state index is 5.32. The molecule has 0 spiro atoms. The van der Waals surface area contributed by atoms with Crippen molar-refractivity contribution in [1.29, 1.82) is 0 Å². The minimum atomic E-state index is 0.989. The first kappa shape index (κ1) is 6.75. The molecule has 0 bridgehead atoms. The molecule has 0 aromatic carbocycles. The molecule has 50 valence electrons. The number of thioether (sulfide) groups is 1. The molecule has 0 saturated carbocycles. The second kappa shape index (κ2) is 2.48. The van der Waals surface area contributed by atoms with E-state index in [0.29, 0.717) is 0 Å². The maximum Gasteiger partial charge on any atom is 0.110 e. The van der Waals surface area contributed by atoms with E-state index in [1.165, 1.54) is 4.91 Å². The zero-order chi connectivity index (χ0) is 6.85. The molecule has 0 aliphatic carbocycles. The highest BCUT2D eigenvalue weighted by molar-refractivity contribution is 8.05. The highest BCUT2D eigenvalue weighted by Crippen LogP contribution is 2.28. The zero-order valence-electron chi connectivity index (χ0n) is 5.89. The Morgan fingerprint density at radius 3 is 2.44 bits per heavy atom. The lowest BCUT2D eigenvalue weighted by Gasteiger charge is -2.13. The number of ether oxygens (including phenoxy) is 1. The fourth-order valence-electron chi connectivity index (χ4n) is 0.592. The molecule has 0 aromatic rings. The van der Waals surface area contributed by atoms with Crippen LogP contribution in [-0.4, -0.2) is 0 Å². The van der Waals surface area contributed by atoms with Crippen molar-refractivity contribution in [3.63, 3.8) is 0 Å². The highest BCUT2D eigenvalue weighted by Gasteiger charge is 2.04. The van der Waals surface area contributed by atoms with Crippen LogP contribution in [-0.2, 0) is 4.74 Å². The molecule has 1 nitrogen and oxygen atoms in total. The predicted molar refractivity (Wildman–Crippen MR) is 40.8 cm³/mol. The smallest absolute Gasteiger partial charge is 0.110 e. The van der Waals surface area contributed by atoms with Crippen molar-refractivity contribution in [2.45, 2.75) is 20.8 Å². The molecule has 0 unspecified atom stereocenters. The van der Waals surface area contributed by atoms with Gasteiger partial charge in [0.25, 0.3) is 0 Å². The van der Waals surface area contributed by atoms with E-state index >= 15 is 0 Å². The van der Waals surface area contributed by atoms with Crippen molar-refractivity contribution in [3.05, 3.63) is 21.8 Å². The van der Waals surface area contributed by atoms with Crippen LogP contribution < -0.4 is 0 Å². The summed E-state index contributed by atoms with van der Waals surface area (Å²) in [5.74, 6) is 2.02. The second-order valence-corrected chi connectivity index (χ2v) is 3.14. The van der Waals surface area contributed by atoms with Gasteiger partial charge in [0.2, 0.25) is 0 Å². The molecule has 9 heavy (non-hydrogen) atoms. The summed E-state index contributed by atoms with van der Waals surface area (Å²) in [5.41, 5.74) is 0. The third-order valence-corrected chi connectivity index (χ3v) is 2.30. The number of rotatable bonds is 0. The molecule has 1 rings (SSSR count). The van der Waals surface area contributed by atoms with Gasteiger partial charge in [-0.1, -0.05) is 11.8 Å². The van der Waals surface area contributed by atoms with E-state index in [9.17, 15) is 0 Å². The summed E-state index contributed by atoms with van der Waals surface area (Å²) in [4.78, 5) is 1.25. The summed E-state index contributed by atoms with van der Waals surface area (Å²) < 4.78 is 5.32. The van der Waals surface area contributed by atoms with E-state index in [-0.39, 0.29) is 0 Å². The summed E-state index contributed by atoms with van der Waals surface area (Å²) in [6.07, 6.45) is 0. The predicted octanol–water partition coefficient (Wildman–Crippen LogP) is 2.86. The van der Waals surface area contributed by atoms with Crippen LogP contribution in [0.25, 0.3) is 0 Å². The lowest BCUT2D eigenvalue weighted by atomic mass is 10.5. The zero-order valence-corrected chi connectivity index (χ0v) is 6.71. The molecule has 0 fully saturated rings. The summed E-state index contributed by atoms with van der Waals surface area (Å²) in [7, 11) is 0. The molecule has 2 heteroatoms. The molecule has 0 N–H and O–H groups in total. The number of allylic oxidation sites excluding steroid dienone is 3. The fraction of sp³-hybridized carbons (Fsp3) is 0.429. The first-order chi connectivity index (χ1) is 4.20. The topological polar surface area (TPSA) is 9.23 Å². The first-order valence-electron chi connectivity index (χ1n) is 2.89. The summed E-state index contributed by atoms with van der Waals surface area (Å²) in [5, 5.41) is 2.02. The van der Waals surface area contributed by atoms with Crippen molar-refractivity contribution >= 4 is 11.8 Å². The molecule has 0 saturated heterocycles. The van der Waals surface area contributed by atoms with E-state index in [2.05, 4.69) is 6.92 Å². The second-order valence-electron chi connectivity index (χ2n) is 2.06. The van der Waals surface area contributed by atoms with Crippen LogP contribution in [0.5, 0.6) is 0 Å². The minimum Gasteiger partial charge on any atom is -0.465 e. The Hall–Kier alpha value is -0.370. The quantitative estimate of drug-likeness (QED) is 0.514. The monoisotopic (exact) mass is 142 g/mol. The van der Waals surface area contributed by atoms with Crippen molar-refractivity contribution in [3.8, 4) is 0 Å². The molecule has 0 atom stereocenters. The van der Waals surface area contributed by atoms with Gasteiger partial charge in [-0.2, -0.15) is 0 Å². The Bertz CT molecular complexity index is 179. The van der Waals surface area contributed by atoms with Gasteiger partial charge >= 0.3 is 0 Å². The van der Waals surface area contributed by atoms with Gasteiger partial charge in [0.15, 0.2) is 0 Å². The fourth-order valence-corrected chi connectivity index (χ4v) is 1.19. The van der Waals surface area contributed by atoms with Crippen molar-refractivity contribution in [2.24, 2.45) is 0 Å². The van der Waals surface area contributed by atoms with Gasteiger partial charge in [0.05, 0.1) is 0 Å². The van der Waals surface area contributed by atoms with Gasteiger partial charge in [-0.05, 0) is 20.8 Å². The maximum absolute atomic E-state index is 5.32. The van der Waals surface area contributed by atoms with Crippen LogP contribution in [0.3, 0.4) is 0 Å². The number of hydrogen-bond acceptors (Lipinski definition) is 2. The van der Waals surface area contributed by atoms with Gasteiger partial charge in [0, 0.05) is 10.3 Å². The third kappa shape index (κ3) is 1.52. The van der Waals surface area contributed by atoms with Crippen molar-refractivity contribution in [2.75, 3.05) is 0 Å². The Kier molecular flexibility index (Phi) is 1.86. The minimum absolute atomic E-state index is 0.989. The van der Waals surface area contributed by atoms with Crippen LogP contribution in [0.2, 0.25) is 0 Å². The summed E-state index contributed by atoms with van der Waals surface area (Å²) >= 11 is 1.73. The van der Waals surface area contributed by atoms with E-state index in [0.717, 1.165) is 11.5 Å². The van der Waals surface area contributed by atoms with Crippen molar-refractivity contribution < 1.29 is 4.74 Å². The van der Waals surface area contributed by atoms with Crippen LogP contribution in [0, 0.1) is 0 Å². The molecule has 0 amide bonds. The molecule has 0 radical (unpaired) electrons. The number of hydrogen-bond donors (Lipinski definition) is 0. The molecule has 1 aliphatic rings. The largest absolute Gasteiger partial charge is 0.465 e. The summed E-state index contributed by atoms with van der Waals surface area (Å²) in [6, 6.07) is 0. The summed E-state index contributed by atoms with van der Waals surface area (Å²) in [6.45, 7) is 6.00. The lowest BCUT2D eigenvalue weighted by molar-refractivity contribution is 0.306. The van der Waals surface area contributed by atoms with Crippen LogP contribution in [0.15, 0.2) is 21.8 Å². The molecule has 1 heterocycles. The van der Waals surface area contributed by atoms with Gasteiger partial charge in [-0.25, -0.2) is 0 Å². The Labute approximate surface area is 59.8 Å².